The molecule has 2 aromatic heterocycles. The van der Waals surface area contributed by atoms with Crippen molar-refractivity contribution < 1.29 is 4.79 Å². The number of H-pyrrole nitrogens is 2. The number of aryl methyl sites for hydroxylation is 2. The van der Waals surface area contributed by atoms with Gasteiger partial charge in [-0.05, 0) is 96.5 Å². The molecule has 7 nitrogen and oxygen atoms in total. The summed E-state index contributed by atoms with van der Waals surface area (Å²) >= 11 is 24.5. The lowest BCUT2D eigenvalue weighted by Crippen LogP contribution is -2.42. The maximum absolute atomic E-state index is 11.1. The number of carbonyl (C=O) groups excluding carboxylic acids is 1. The smallest absolute Gasteiger partial charge is 0.139 e. The van der Waals surface area contributed by atoms with Gasteiger partial charge in [0.2, 0.25) is 0 Å². The van der Waals surface area contributed by atoms with E-state index in [2.05, 4.69) is 37.3 Å². The largest absolute Gasteiger partial charge is 0.341 e. The van der Waals surface area contributed by atoms with E-state index < -0.39 is 0 Å². The Morgan fingerprint density at radius 2 is 1.25 bits per heavy atom. The number of aromatic amines is 2. The Hall–Kier alpha value is -3.95. The molecular formula is C45H46Cl4N6O. The summed E-state index contributed by atoms with van der Waals surface area (Å²) in [6.07, 6.45) is 7.52. The zero-order valence-electron chi connectivity index (χ0n) is 30.4. The number of Topliss-reactive ketones (excluding diaryl/α,β-unsaturated/α-hetero) is 1. The monoisotopic (exact) mass is 826 g/mol. The first-order chi connectivity index (χ1) is 26.8. The van der Waals surface area contributed by atoms with Crippen LogP contribution in [0.1, 0.15) is 65.3 Å². The van der Waals surface area contributed by atoms with E-state index in [-0.39, 0.29) is 7.43 Å². The molecule has 4 aliphatic rings. The van der Waals surface area contributed by atoms with Crippen LogP contribution in [-0.4, -0.2) is 49.8 Å². The Bertz CT molecular complexity index is 2310. The molecule has 0 fully saturated rings. The molecular weight excluding hydrogens is 782 g/mol. The molecule has 0 amide bonds. The van der Waals surface area contributed by atoms with E-state index in [0.717, 1.165) is 112 Å². The van der Waals surface area contributed by atoms with Crippen LogP contribution in [0, 0.1) is 0 Å². The van der Waals surface area contributed by atoms with E-state index >= 15 is 0 Å². The Kier molecular flexibility index (Phi) is 13.0. The zero-order valence-corrected chi connectivity index (χ0v) is 33.4. The molecule has 0 spiro atoms. The lowest BCUT2D eigenvalue weighted by Gasteiger charge is -2.37. The second kappa shape index (κ2) is 18.1. The van der Waals surface area contributed by atoms with E-state index in [9.17, 15) is 4.79 Å². The first-order valence-corrected chi connectivity index (χ1v) is 20.4. The van der Waals surface area contributed by atoms with Crippen LogP contribution < -0.4 is 5.32 Å². The van der Waals surface area contributed by atoms with Gasteiger partial charge in [0.1, 0.15) is 17.4 Å². The van der Waals surface area contributed by atoms with Gasteiger partial charge in [0, 0.05) is 79.1 Å². The van der Waals surface area contributed by atoms with Crippen LogP contribution in [0.4, 0.5) is 0 Å². The van der Waals surface area contributed by atoms with Crippen molar-refractivity contribution in [2.45, 2.75) is 77.9 Å². The van der Waals surface area contributed by atoms with Crippen molar-refractivity contribution in [3.63, 3.8) is 0 Å². The molecule has 0 saturated carbocycles. The van der Waals surface area contributed by atoms with Gasteiger partial charge in [-0.25, -0.2) is 9.97 Å². The molecule has 1 unspecified atom stereocenters. The van der Waals surface area contributed by atoms with Crippen LogP contribution in [0.3, 0.4) is 0 Å². The number of nitrogens with zero attached hydrogens (tertiary/aromatic N) is 3. The van der Waals surface area contributed by atoms with Crippen LogP contribution in [-0.2, 0) is 56.4 Å². The van der Waals surface area contributed by atoms with Gasteiger partial charge in [-0.3, -0.25) is 9.69 Å². The predicted octanol–water partition coefficient (Wildman–Crippen LogP) is 10.7. The third-order valence-electron chi connectivity index (χ3n) is 10.9. The number of rotatable bonds is 3. The van der Waals surface area contributed by atoms with E-state index in [4.69, 9.17) is 51.4 Å². The van der Waals surface area contributed by atoms with Crippen LogP contribution in [0.2, 0.25) is 20.1 Å². The van der Waals surface area contributed by atoms with E-state index in [0.29, 0.717) is 24.7 Å². The fraction of sp³-hybridized carbons (Fsp3) is 0.311. The van der Waals surface area contributed by atoms with Crippen LogP contribution in [0.5, 0.6) is 0 Å². The van der Waals surface area contributed by atoms with Crippen molar-refractivity contribution in [2.75, 3.05) is 13.1 Å². The molecule has 3 N–H and O–H groups in total. The summed E-state index contributed by atoms with van der Waals surface area (Å²) in [6.45, 7) is 3.85. The van der Waals surface area contributed by atoms with Crippen LogP contribution in [0.15, 0.2) is 84.9 Å². The maximum atomic E-state index is 11.1. The Morgan fingerprint density at radius 1 is 0.643 bits per heavy atom. The van der Waals surface area contributed by atoms with Crippen molar-refractivity contribution >= 4 is 52.2 Å². The van der Waals surface area contributed by atoms with Crippen LogP contribution in [0.25, 0.3) is 22.8 Å². The molecule has 290 valence electrons. The number of aromatic nitrogens is 4. The summed E-state index contributed by atoms with van der Waals surface area (Å²) in [5.74, 6) is 2.08. The number of hydrogen-bond donors (Lipinski definition) is 3. The van der Waals surface area contributed by atoms with Gasteiger partial charge in [0.25, 0.3) is 0 Å². The van der Waals surface area contributed by atoms with Gasteiger partial charge in [0.15, 0.2) is 0 Å². The van der Waals surface area contributed by atoms with Gasteiger partial charge in [-0.1, -0.05) is 90.2 Å². The fourth-order valence-corrected chi connectivity index (χ4v) is 8.84. The van der Waals surface area contributed by atoms with Crippen LogP contribution >= 0.6 is 46.4 Å². The van der Waals surface area contributed by atoms with Crippen molar-refractivity contribution in [2.24, 2.45) is 0 Å². The summed E-state index contributed by atoms with van der Waals surface area (Å²) in [5.41, 5.74) is 11.9. The zero-order chi connectivity index (χ0) is 37.9. The number of halogens is 4. The lowest BCUT2D eigenvalue weighted by molar-refractivity contribution is -0.118. The van der Waals surface area contributed by atoms with E-state index in [1.54, 1.807) is 0 Å². The first-order valence-electron chi connectivity index (χ1n) is 18.9. The molecule has 56 heavy (non-hydrogen) atoms. The van der Waals surface area contributed by atoms with Gasteiger partial charge in [0.05, 0.1) is 32.8 Å². The molecule has 10 rings (SSSR count). The second-order valence-electron chi connectivity index (χ2n) is 14.6. The highest BCUT2D eigenvalue weighted by atomic mass is 35.5. The number of ketones is 1. The Balaban J connectivity index is 0.000000141. The molecule has 4 aromatic carbocycles. The molecule has 2 aliphatic carbocycles. The van der Waals surface area contributed by atoms with Gasteiger partial charge < -0.3 is 15.3 Å². The van der Waals surface area contributed by atoms with Gasteiger partial charge in [-0.2, -0.15) is 0 Å². The lowest BCUT2D eigenvalue weighted by atomic mass is 9.87. The van der Waals surface area contributed by atoms with Crippen molar-refractivity contribution in [1.29, 1.82) is 0 Å². The normalized spacial score (nSPS) is 17.1. The van der Waals surface area contributed by atoms with E-state index in [1.807, 2.05) is 72.8 Å². The molecule has 6 aromatic rings. The third kappa shape index (κ3) is 9.26. The SMILES string of the molecule is C.Clc1ccc2c(c1)CC(N1CCc3nc(-c4ccccc4Cl)[nH]c3C1)CC2.Clc1ccccc1-c1nc2c([nH]1)CNCC2.O=C1CCc2ccc(Cl)cc2C1. The molecule has 11 heteroatoms. The summed E-state index contributed by atoms with van der Waals surface area (Å²) in [4.78, 5) is 30.0. The molecule has 4 heterocycles. The van der Waals surface area contributed by atoms with Gasteiger partial charge in [-0.15, -0.1) is 0 Å². The molecule has 0 bridgehead atoms. The number of carbonyl (C=O) groups is 1. The van der Waals surface area contributed by atoms with Crippen molar-refractivity contribution in [1.82, 2.24) is 30.2 Å². The molecule has 2 aliphatic heterocycles. The fourth-order valence-electron chi connectivity index (χ4n) is 8.00. The number of benzene rings is 4. The summed E-state index contributed by atoms with van der Waals surface area (Å²) in [7, 11) is 0. The summed E-state index contributed by atoms with van der Waals surface area (Å²) in [6, 6.07) is 28.4. The minimum absolute atomic E-state index is 0. The predicted molar refractivity (Wildman–Crippen MR) is 230 cm³/mol. The van der Waals surface area contributed by atoms with Gasteiger partial charge >= 0.3 is 0 Å². The number of nitrogens with one attached hydrogen (secondary N) is 3. The Morgan fingerprint density at radius 3 is 1.91 bits per heavy atom. The first kappa shape index (κ1) is 40.3. The standard InChI is InChI=1S/C22H21Cl2N3.C12H12ClN3.C10H9ClO.CH4/c23-16-7-5-14-6-8-17(12-15(14)11-16)27-10-9-20-21(13-27)26-22(25-20)18-3-1-2-4-19(18)24;13-9-4-2-1-3-8(9)12-15-10-5-6-14-7-11(10)16-12;11-9-3-1-7-2-4-10(12)6-8(7)5-9;/h1-5,7,11,17H,6,8-10,12-13H2,(H,25,26);1-4,14H,5-7H2,(H,15,16);1,3,5H,2,4,6H2;1H4. The number of hydrogen-bond acceptors (Lipinski definition) is 5. The highest BCUT2D eigenvalue weighted by molar-refractivity contribution is 6.33. The second-order valence-corrected chi connectivity index (χ2v) is 16.3. The number of fused-ring (bicyclic) bond motifs is 4. The molecule has 1 atom stereocenters. The average molecular weight is 829 g/mol. The van der Waals surface area contributed by atoms with Crippen molar-refractivity contribution in [3.8, 4) is 22.8 Å². The van der Waals surface area contributed by atoms with Crippen molar-refractivity contribution in [3.05, 3.63) is 150 Å². The minimum atomic E-state index is 0. The molecule has 0 radical (unpaired) electrons. The summed E-state index contributed by atoms with van der Waals surface area (Å²) in [5, 5.41) is 6.36. The number of imidazole rings is 2. The topological polar surface area (TPSA) is 89.7 Å². The highest BCUT2D eigenvalue weighted by Gasteiger charge is 2.29. The third-order valence-corrected chi connectivity index (χ3v) is 12.1. The highest BCUT2D eigenvalue weighted by Crippen LogP contribution is 2.32. The maximum Gasteiger partial charge on any atom is 0.139 e. The average Bonchev–Trinajstić information content (AvgIpc) is 3.83. The Labute approximate surface area is 349 Å². The summed E-state index contributed by atoms with van der Waals surface area (Å²) < 4.78 is 0. The minimum Gasteiger partial charge on any atom is -0.341 e. The quantitative estimate of drug-likeness (QED) is 0.165. The van der Waals surface area contributed by atoms with E-state index in [1.165, 1.54) is 40.2 Å². The molecule has 0 saturated heterocycles.